The predicted molar refractivity (Wildman–Crippen MR) is 148 cm³/mol. The molecule has 37 heavy (non-hydrogen) atoms. The van der Waals surface area contributed by atoms with Crippen LogP contribution in [0, 0.1) is 6.92 Å². The number of aryl methyl sites for hydroxylation is 1. The maximum Gasteiger partial charge on any atom is 0.410 e. The standard InChI is InChI=1S/C27H30N4O4S2/c1-17-28-19(16-36-17)15-30-21-14-22(18-8-6-5-7-9-18)37-23(21)24(32)31(25(30)33)20-10-12-29(13-11-20)26(34)35-27(2,3)4/h5-9,14,16,20H,10-13,15H2,1-4H3. The molecule has 1 aromatic carbocycles. The van der Waals surface area contributed by atoms with E-state index in [1.807, 2.05) is 69.5 Å². The SMILES string of the molecule is Cc1nc(Cn2c(=O)n(C3CCN(C(=O)OC(C)(C)C)CC3)c(=O)c3sc(-c4ccccc4)cc32)cs1. The van der Waals surface area contributed by atoms with Crippen LogP contribution >= 0.6 is 22.7 Å². The fourth-order valence-corrected chi connectivity index (χ4v) is 6.37. The number of ether oxygens (including phenoxy) is 1. The Morgan fingerprint density at radius 1 is 1.14 bits per heavy atom. The average Bonchev–Trinajstić information content (AvgIpc) is 3.48. The number of thiazole rings is 1. The van der Waals surface area contributed by atoms with Crippen molar-refractivity contribution in [3.05, 3.63) is 73.3 Å². The molecule has 1 aliphatic heterocycles. The second kappa shape index (κ2) is 9.90. The number of carbonyl (C=O) groups is 1. The third-order valence-corrected chi connectivity index (χ3v) is 8.36. The van der Waals surface area contributed by atoms with Gasteiger partial charge in [-0.25, -0.2) is 14.6 Å². The van der Waals surface area contributed by atoms with Crippen molar-refractivity contribution in [2.45, 2.75) is 58.7 Å². The minimum atomic E-state index is -0.576. The van der Waals surface area contributed by atoms with Crippen LogP contribution in [-0.4, -0.2) is 43.8 Å². The molecule has 0 spiro atoms. The Labute approximate surface area is 222 Å². The van der Waals surface area contributed by atoms with Crippen LogP contribution in [0.5, 0.6) is 0 Å². The van der Waals surface area contributed by atoms with E-state index >= 15 is 0 Å². The molecular weight excluding hydrogens is 508 g/mol. The van der Waals surface area contributed by atoms with Crippen molar-refractivity contribution in [2.75, 3.05) is 13.1 Å². The van der Waals surface area contributed by atoms with Crippen molar-refractivity contribution in [1.29, 1.82) is 0 Å². The van der Waals surface area contributed by atoms with Crippen molar-refractivity contribution < 1.29 is 9.53 Å². The average molecular weight is 539 g/mol. The van der Waals surface area contributed by atoms with Gasteiger partial charge in [-0.2, -0.15) is 0 Å². The molecule has 10 heteroatoms. The molecule has 0 N–H and O–H groups in total. The highest BCUT2D eigenvalue weighted by Crippen LogP contribution is 2.32. The summed E-state index contributed by atoms with van der Waals surface area (Å²) in [6, 6.07) is 11.5. The van der Waals surface area contributed by atoms with E-state index < -0.39 is 5.60 Å². The van der Waals surface area contributed by atoms with Gasteiger partial charge in [-0.15, -0.1) is 22.7 Å². The van der Waals surface area contributed by atoms with Crippen molar-refractivity contribution in [3.63, 3.8) is 0 Å². The molecule has 0 aliphatic carbocycles. The van der Waals surface area contributed by atoms with Crippen molar-refractivity contribution >= 4 is 39.0 Å². The fraction of sp³-hybridized carbons (Fsp3) is 0.407. The van der Waals surface area contributed by atoms with Crippen molar-refractivity contribution in [3.8, 4) is 10.4 Å². The summed E-state index contributed by atoms with van der Waals surface area (Å²) in [6.45, 7) is 8.59. The second-order valence-corrected chi connectivity index (χ2v) is 12.4. The number of piperidine rings is 1. The Kier molecular flexibility index (Phi) is 6.80. The smallest absolute Gasteiger partial charge is 0.410 e. The summed E-state index contributed by atoms with van der Waals surface area (Å²) in [5.74, 6) is 0. The zero-order valence-electron chi connectivity index (χ0n) is 21.4. The molecule has 4 heterocycles. The Morgan fingerprint density at radius 3 is 2.46 bits per heavy atom. The van der Waals surface area contributed by atoms with Gasteiger partial charge in [0.1, 0.15) is 10.3 Å². The molecule has 194 valence electrons. The van der Waals surface area contributed by atoms with Gasteiger partial charge in [-0.1, -0.05) is 30.3 Å². The monoisotopic (exact) mass is 538 g/mol. The molecule has 0 bridgehead atoms. The predicted octanol–water partition coefficient (Wildman–Crippen LogP) is 5.28. The Balaban J connectivity index is 1.55. The van der Waals surface area contributed by atoms with Crippen LogP contribution in [0.1, 0.15) is 50.4 Å². The van der Waals surface area contributed by atoms with E-state index in [2.05, 4.69) is 4.98 Å². The fourth-order valence-electron chi connectivity index (χ4n) is 4.66. The summed E-state index contributed by atoms with van der Waals surface area (Å²) in [4.78, 5) is 47.3. The lowest BCUT2D eigenvalue weighted by molar-refractivity contribution is 0.0186. The first-order chi connectivity index (χ1) is 17.6. The molecule has 1 fully saturated rings. The molecule has 5 rings (SSSR count). The Hall–Kier alpha value is -3.24. The van der Waals surface area contributed by atoms with E-state index in [-0.39, 0.29) is 23.4 Å². The quantitative estimate of drug-likeness (QED) is 0.353. The lowest BCUT2D eigenvalue weighted by Crippen LogP contribution is -2.47. The van der Waals surface area contributed by atoms with Crippen LogP contribution in [0.15, 0.2) is 51.4 Å². The number of hydrogen-bond donors (Lipinski definition) is 0. The number of fused-ring (bicyclic) bond motifs is 1. The normalized spacial score (nSPS) is 14.9. The summed E-state index contributed by atoms with van der Waals surface area (Å²) in [6.07, 6.45) is 0.648. The number of carbonyl (C=O) groups excluding carboxylic acids is 1. The summed E-state index contributed by atoms with van der Waals surface area (Å²) in [7, 11) is 0. The van der Waals surface area contributed by atoms with Crippen LogP contribution < -0.4 is 11.2 Å². The lowest BCUT2D eigenvalue weighted by Gasteiger charge is -2.34. The number of nitrogens with zero attached hydrogens (tertiary/aromatic N) is 4. The second-order valence-electron chi connectivity index (χ2n) is 10.3. The summed E-state index contributed by atoms with van der Waals surface area (Å²) < 4.78 is 9.14. The van der Waals surface area contributed by atoms with E-state index in [9.17, 15) is 14.4 Å². The number of likely N-dealkylation sites (tertiary alicyclic amines) is 1. The molecule has 1 saturated heterocycles. The van der Waals surface area contributed by atoms with Gasteiger partial charge in [0.05, 0.1) is 22.8 Å². The highest BCUT2D eigenvalue weighted by atomic mass is 32.1. The first kappa shape index (κ1) is 25.4. The van der Waals surface area contributed by atoms with E-state index in [1.54, 1.807) is 9.47 Å². The summed E-state index contributed by atoms with van der Waals surface area (Å²) >= 11 is 2.95. The van der Waals surface area contributed by atoms with Crippen LogP contribution in [0.2, 0.25) is 0 Å². The number of aromatic nitrogens is 3. The maximum atomic E-state index is 13.9. The van der Waals surface area contributed by atoms with Gasteiger partial charge >= 0.3 is 11.8 Å². The van der Waals surface area contributed by atoms with Crippen LogP contribution in [0.25, 0.3) is 20.7 Å². The van der Waals surface area contributed by atoms with Crippen LogP contribution in [0.4, 0.5) is 4.79 Å². The molecule has 3 aromatic heterocycles. The van der Waals surface area contributed by atoms with Gasteiger partial charge in [0.2, 0.25) is 0 Å². The van der Waals surface area contributed by atoms with Gasteiger partial charge in [0.15, 0.2) is 0 Å². The van der Waals surface area contributed by atoms with Crippen molar-refractivity contribution in [2.24, 2.45) is 0 Å². The van der Waals surface area contributed by atoms with Gasteiger partial charge in [0.25, 0.3) is 5.56 Å². The summed E-state index contributed by atoms with van der Waals surface area (Å²) in [5.41, 5.74) is 1.25. The highest BCUT2D eigenvalue weighted by molar-refractivity contribution is 7.22. The molecule has 0 radical (unpaired) electrons. The van der Waals surface area contributed by atoms with Gasteiger partial charge in [-0.05, 0) is 52.2 Å². The van der Waals surface area contributed by atoms with Gasteiger partial charge < -0.3 is 9.64 Å². The molecule has 1 aliphatic rings. The molecular formula is C27H30N4O4S2. The van der Waals surface area contributed by atoms with E-state index in [0.717, 1.165) is 21.1 Å². The lowest BCUT2D eigenvalue weighted by atomic mass is 10.1. The molecule has 1 amide bonds. The zero-order valence-corrected chi connectivity index (χ0v) is 23.0. The number of benzene rings is 1. The first-order valence-electron chi connectivity index (χ1n) is 12.3. The third kappa shape index (κ3) is 5.26. The maximum absolute atomic E-state index is 13.9. The number of hydrogen-bond acceptors (Lipinski definition) is 7. The number of amides is 1. The number of thiophene rings is 1. The minimum absolute atomic E-state index is 0.270. The van der Waals surface area contributed by atoms with Crippen molar-refractivity contribution in [1.82, 2.24) is 19.0 Å². The topological polar surface area (TPSA) is 86.4 Å². The van der Waals surface area contributed by atoms with E-state index in [1.165, 1.54) is 27.2 Å². The molecule has 0 saturated carbocycles. The molecule has 0 atom stereocenters. The molecule has 4 aromatic rings. The first-order valence-corrected chi connectivity index (χ1v) is 14.0. The Bertz CT molecular complexity index is 1550. The summed E-state index contributed by atoms with van der Waals surface area (Å²) in [5, 5.41) is 2.88. The van der Waals surface area contributed by atoms with Crippen LogP contribution in [0.3, 0.4) is 0 Å². The van der Waals surface area contributed by atoms with Gasteiger partial charge in [0, 0.05) is 29.4 Å². The van der Waals surface area contributed by atoms with Gasteiger partial charge in [-0.3, -0.25) is 13.9 Å². The molecule has 0 unspecified atom stereocenters. The van der Waals surface area contributed by atoms with Crippen LogP contribution in [-0.2, 0) is 11.3 Å². The number of rotatable bonds is 4. The molecule has 8 nitrogen and oxygen atoms in total. The minimum Gasteiger partial charge on any atom is -0.444 e. The Morgan fingerprint density at radius 2 is 1.84 bits per heavy atom. The highest BCUT2D eigenvalue weighted by Gasteiger charge is 2.30. The largest absolute Gasteiger partial charge is 0.444 e. The zero-order chi connectivity index (χ0) is 26.3. The third-order valence-electron chi connectivity index (χ3n) is 6.38. The van der Waals surface area contributed by atoms with E-state index in [0.29, 0.717) is 42.7 Å². The van der Waals surface area contributed by atoms with E-state index in [4.69, 9.17) is 4.74 Å².